The van der Waals surface area contributed by atoms with Crippen molar-refractivity contribution < 1.29 is 4.79 Å². The third kappa shape index (κ3) is 2.61. The lowest BCUT2D eigenvalue weighted by Crippen LogP contribution is -2.53. The first-order valence-electron chi connectivity index (χ1n) is 4.83. The summed E-state index contributed by atoms with van der Waals surface area (Å²) in [4.78, 5) is 19.1. The van der Waals surface area contributed by atoms with Crippen LogP contribution >= 0.6 is 0 Å². The number of likely N-dealkylation sites (N-methyl/N-ethyl adjacent to an activating group) is 1. The normalized spacial score (nSPS) is 19.4. The zero-order chi connectivity index (χ0) is 10.7. The van der Waals surface area contributed by atoms with Crippen LogP contribution in [0.4, 0.5) is 0 Å². The van der Waals surface area contributed by atoms with E-state index in [1.807, 2.05) is 18.7 Å². The van der Waals surface area contributed by atoms with Crippen molar-refractivity contribution in [2.45, 2.75) is 19.9 Å². The molecule has 0 saturated carbocycles. The lowest BCUT2D eigenvalue weighted by atomic mass is 10.3. The Morgan fingerprint density at radius 1 is 1.50 bits per heavy atom. The Morgan fingerprint density at radius 2 is 2.14 bits per heavy atom. The van der Waals surface area contributed by atoms with E-state index in [1.165, 1.54) is 0 Å². The molecule has 0 radical (unpaired) electrons. The molecule has 0 unspecified atom stereocenters. The van der Waals surface area contributed by atoms with E-state index in [9.17, 15) is 4.79 Å². The number of hydrogen-bond acceptors (Lipinski definition) is 2. The smallest absolute Gasteiger partial charge is 0.242 e. The maximum atomic E-state index is 11.4. The highest BCUT2D eigenvalue weighted by molar-refractivity contribution is 5.86. The molecule has 14 heavy (non-hydrogen) atoms. The molecule has 2 N–H and O–H groups in total. The largest absolute Gasteiger partial charge is 0.370 e. The monoisotopic (exact) mass is 198 g/mol. The Hall–Kier alpha value is -1.26. The molecular formula is C9H18N4O. The lowest BCUT2D eigenvalue weighted by Gasteiger charge is -2.32. The average molecular weight is 198 g/mol. The van der Waals surface area contributed by atoms with E-state index in [1.54, 1.807) is 11.9 Å². The van der Waals surface area contributed by atoms with Gasteiger partial charge in [-0.15, -0.1) is 0 Å². The van der Waals surface area contributed by atoms with Crippen molar-refractivity contribution in [1.82, 2.24) is 9.80 Å². The van der Waals surface area contributed by atoms with Gasteiger partial charge in [0, 0.05) is 26.2 Å². The zero-order valence-electron chi connectivity index (χ0n) is 9.03. The molecule has 0 atom stereocenters. The van der Waals surface area contributed by atoms with E-state index >= 15 is 0 Å². The number of guanidine groups is 1. The van der Waals surface area contributed by atoms with E-state index in [0.717, 1.165) is 6.54 Å². The second-order valence-corrected chi connectivity index (χ2v) is 3.82. The van der Waals surface area contributed by atoms with Gasteiger partial charge in [-0.1, -0.05) is 0 Å². The molecule has 1 amide bonds. The van der Waals surface area contributed by atoms with Gasteiger partial charge in [0.25, 0.3) is 0 Å². The van der Waals surface area contributed by atoms with Crippen LogP contribution in [0.1, 0.15) is 13.8 Å². The molecule has 1 fully saturated rings. The van der Waals surface area contributed by atoms with Crippen molar-refractivity contribution in [1.29, 1.82) is 0 Å². The van der Waals surface area contributed by atoms with Gasteiger partial charge in [0.2, 0.25) is 5.91 Å². The molecule has 5 nitrogen and oxygen atoms in total. The highest BCUT2D eigenvalue weighted by Crippen LogP contribution is 2.01. The summed E-state index contributed by atoms with van der Waals surface area (Å²) in [5.41, 5.74) is 5.76. The maximum absolute atomic E-state index is 11.4. The molecule has 0 aromatic rings. The molecule has 1 saturated heterocycles. The predicted molar refractivity (Wildman–Crippen MR) is 56.0 cm³/mol. The molecule has 0 aliphatic carbocycles. The van der Waals surface area contributed by atoms with Gasteiger partial charge in [-0.25, -0.2) is 0 Å². The number of nitrogens with zero attached hydrogens (tertiary/aromatic N) is 3. The Bertz CT molecular complexity index is 249. The summed E-state index contributed by atoms with van der Waals surface area (Å²) < 4.78 is 0. The number of carbonyl (C=O) groups excluding carboxylic acids is 1. The topological polar surface area (TPSA) is 61.9 Å². The summed E-state index contributed by atoms with van der Waals surface area (Å²) in [7, 11) is 1.80. The van der Waals surface area contributed by atoms with Gasteiger partial charge in [0.15, 0.2) is 5.96 Å². The number of rotatable bonds is 1. The molecule has 1 heterocycles. The molecule has 0 spiro atoms. The van der Waals surface area contributed by atoms with E-state index in [-0.39, 0.29) is 11.9 Å². The van der Waals surface area contributed by atoms with Crippen LogP contribution in [0.15, 0.2) is 4.99 Å². The van der Waals surface area contributed by atoms with Crippen LogP contribution in [0.2, 0.25) is 0 Å². The standard InChI is InChI=1S/C9H18N4O/c1-7(2)11-9(10)13-5-4-12(3)8(14)6-13/h7H,4-6H2,1-3H3,(H2,10,11). The fraction of sp³-hybridized carbons (Fsp3) is 0.778. The first-order valence-corrected chi connectivity index (χ1v) is 4.83. The Morgan fingerprint density at radius 3 is 2.64 bits per heavy atom. The van der Waals surface area contributed by atoms with Crippen molar-refractivity contribution in [3.05, 3.63) is 0 Å². The molecule has 80 valence electrons. The number of carbonyl (C=O) groups is 1. The third-order valence-corrected chi connectivity index (χ3v) is 2.17. The lowest BCUT2D eigenvalue weighted by molar-refractivity contribution is -0.132. The Kier molecular flexibility index (Phi) is 3.33. The second kappa shape index (κ2) is 4.30. The van der Waals surface area contributed by atoms with Gasteiger partial charge >= 0.3 is 0 Å². The first-order chi connectivity index (χ1) is 6.50. The van der Waals surface area contributed by atoms with Gasteiger partial charge < -0.3 is 15.5 Å². The molecule has 0 bridgehead atoms. The van der Waals surface area contributed by atoms with Crippen LogP contribution in [-0.2, 0) is 4.79 Å². The highest BCUT2D eigenvalue weighted by Gasteiger charge is 2.21. The van der Waals surface area contributed by atoms with Crippen molar-refractivity contribution in [3.63, 3.8) is 0 Å². The van der Waals surface area contributed by atoms with Crippen LogP contribution in [-0.4, -0.2) is 54.4 Å². The van der Waals surface area contributed by atoms with Gasteiger partial charge in [0.1, 0.15) is 0 Å². The summed E-state index contributed by atoms with van der Waals surface area (Å²) in [5.74, 6) is 0.569. The summed E-state index contributed by atoms with van der Waals surface area (Å²) in [6.07, 6.45) is 0. The fourth-order valence-electron chi connectivity index (χ4n) is 1.30. The molecule has 0 aromatic carbocycles. The number of aliphatic imine (C=N–C) groups is 1. The molecule has 5 heteroatoms. The van der Waals surface area contributed by atoms with Gasteiger partial charge in [-0.3, -0.25) is 9.79 Å². The van der Waals surface area contributed by atoms with Crippen molar-refractivity contribution in [2.75, 3.05) is 26.7 Å². The van der Waals surface area contributed by atoms with E-state index in [4.69, 9.17) is 5.73 Å². The number of nitrogens with two attached hydrogens (primary N) is 1. The second-order valence-electron chi connectivity index (χ2n) is 3.82. The molecule has 1 aliphatic heterocycles. The van der Waals surface area contributed by atoms with Gasteiger partial charge in [-0.2, -0.15) is 0 Å². The Balaban J connectivity index is 2.59. The van der Waals surface area contributed by atoms with Gasteiger partial charge in [0.05, 0.1) is 6.54 Å². The van der Waals surface area contributed by atoms with Crippen LogP contribution < -0.4 is 5.73 Å². The summed E-state index contributed by atoms with van der Waals surface area (Å²) in [5, 5.41) is 0. The predicted octanol–water partition coefficient (Wildman–Crippen LogP) is -0.516. The maximum Gasteiger partial charge on any atom is 0.242 e. The van der Waals surface area contributed by atoms with Crippen LogP contribution in [0.25, 0.3) is 0 Å². The Labute approximate surface area is 84.6 Å². The minimum absolute atomic E-state index is 0.0955. The molecule has 0 aromatic heterocycles. The van der Waals surface area contributed by atoms with Crippen molar-refractivity contribution in [3.8, 4) is 0 Å². The summed E-state index contributed by atoms with van der Waals surface area (Å²) in [6.45, 7) is 5.76. The highest BCUT2D eigenvalue weighted by atomic mass is 16.2. The summed E-state index contributed by atoms with van der Waals surface area (Å²) >= 11 is 0. The van der Waals surface area contributed by atoms with Crippen LogP contribution in [0, 0.1) is 0 Å². The van der Waals surface area contributed by atoms with E-state index < -0.39 is 0 Å². The number of hydrogen-bond donors (Lipinski definition) is 1. The SMILES string of the molecule is CC(C)N=C(N)N1CCN(C)C(=O)C1. The van der Waals surface area contributed by atoms with E-state index in [2.05, 4.69) is 4.99 Å². The average Bonchev–Trinajstić information content (AvgIpc) is 2.08. The van der Waals surface area contributed by atoms with Crippen LogP contribution in [0.3, 0.4) is 0 Å². The number of piperazine rings is 1. The minimum atomic E-state index is 0.0955. The molecular weight excluding hydrogens is 180 g/mol. The van der Waals surface area contributed by atoms with Crippen molar-refractivity contribution in [2.24, 2.45) is 10.7 Å². The minimum Gasteiger partial charge on any atom is -0.370 e. The molecule has 1 aliphatic rings. The summed E-state index contributed by atoms with van der Waals surface area (Å²) in [6, 6.07) is 0.171. The zero-order valence-corrected chi connectivity index (χ0v) is 9.03. The molecule has 1 rings (SSSR count). The van der Waals surface area contributed by atoms with Crippen molar-refractivity contribution >= 4 is 11.9 Å². The number of amides is 1. The van der Waals surface area contributed by atoms with Crippen LogP contribution in [0.5, 0.6) is 0 Å². The van der Waals surface area contributed by atoms with Gasteiger partial charge in [-0.05, 0) is 13.8 Å². The third-order valence-electron chi connectivity index (χ3n) is 2.17. The fourth-order valence-corrected chi connectivity index (χ4v) is 1.30. The first kappa shape index (κ1) is 10.8. The quantitative estimate of drug-likeness (QED) is 0.455. The van der Waals surface area contributed by atoms with E-state index in [0.29, 0.717) is 19.0 Å².